The number of nitrogens with zero attached hydrogens (tertiary/aromatic N) is 2. The summed E-state index contributed by atoms with van der Waals surface area (Å²) in [6.45, 7) is 2.92. The Morgan fingerprint density at radius 1 is 1.33 bits per heavy atom. The molecular formula is C16H18N2O6. The van der Waals surface area contributed by atoms with Crippen LogP contribution in [0, 0.1) is 0 Å². The Hall–Kier alpha value is -2.61. The highest BCUT2D eigenvalue weighted by molar-refractivity contribution is 5.99. The summed E-state index contributed by atoms with van der Waals surface area (Å²) >= 11 is 0. The summed E-state index contributed by atoms with van der Waals surface area (Å²) in [4.78, 5) is 37.9. The van der Waals surface area contributed by atoms with Crippen molar-refractivity contribution >= 4 is 29.3 Å². The first kappa shape index (κ1) is 16.3. The van der Waals surface area contributed by atoms with Gasteiger partial charge in [-0.05, 0) is 44.0 Å². The van der Waals surface area contributed by atoms with Crippen molar-refractivity contribution < 1.29 is 29.3 Å². The Labute approximate surface area is 138 Å². The zero-order chi connectivity index (χ0) is 17.6. The molecule has 2 N–H and O–H groups in total. The molecule has 1 aromatic carbocycles. The standard InChI is InChI=1S/C16H18N2O6/c1-8-5-10-6-11(3-4-12(10)17(8)13(20)7-19)18-9(2)14(15(21)22)24-16(18)23/h3-4,6,8-9,14,19H,5,7H2,1-2H3,(H,21,22)/t8-,9?,14-/m1/s1. The molecule has 2 amide bonds. The first-order valence-corrected chi connectivity index (χ1v) is 7.63. The molecule has 0 saturated carbocycles. The summed E-state index contributed by atoms with van der Waals surface area (Å²) in [7, 11) is 0. The number of amides is 2. The van der Waals surface area contributed by atoms with Gasteiger partial charge in [0, 0.05) is 17.4 Å². The molecule has 0 radical (unpaired) electrons. The number of anilines is 2. The summed E-state index contributed by atoms with van der Waals surface area (Å²) in [6, 6.07) is 4.39. The van der Waals surface area contributed by atoms with Gasteiger partial charge >= 0.3 is 12.1 Å². The lowest BCUT2D eigenvalue weighted by Crippen LogP contribution is -2.38. The summed E-state index contributed by atoms with van der Waals surface area (Å²) in [5, 5.41) is 18.2. The van der Waals surface area contributed by atoms with Crippen molar-refractivity contribution in [1.82, 2.24) is 0 Å². The third-order valence-corrected chi connectivity index (χ3v) is 4.47. The van der Waals surface area contributed by atoms with Crippen LogP contribution in [0.1, 0.15) is 19.4 Å². The lowest BCUT2D eigenvalue weighted by Gasteiger charge is -2.23. The lowest BCUT2D eigenvalue weighted by molar-refractivity contribution is -0.145. The summed E-state index contributed by atoms with van der Waals surface area (Å²) < 4.78 is 4.91. The predicted molar refractivity (Wildman–Crippen MR) is 84.0 cm³/mol. The molecule has 8 heteroatoms. The number of hydrogen-bond donors (Lipinski definition) is 2. The van der Waals surface area contributed by atoms with E-state index in [1.54, 1.807) is 25.1 Å². The molecule has 1 aromatic rings. The van der Waals surface area contributed by atoms with E-state index in [9.17, 15) is 14.4 Å². The van der Waals surface area contributed by atoms with E-state index < -0.39 is 30.8 Å². The molecule has 2 aliphatic heterocycles. The number of carboxylic acid groups (broad SMARTS) is 1. The maximum atomic E-state index is 12.0. The van der Waals surface area contributed by atoms with Gasteiger partial charge in [0.2, 0.25) is 6.10 Å². The smallest absolute Gasteiger partial charge is 0.415 e. The summed E-state index contributed by atoms with van der Waals surface area (Å²) in [6.07, 6.45) is -1.32. The highest BCUT2D eigenvalue weighted by atomic mass is 16.6. The van der Waals surface area contributed by atoms with E-state index >= 15 is 0 Å². The van der Waals surface area contributed by atoms with Gasteiger partial charge in [0.25, 0.3) is 5.91 Å². The summed E-state index contributed by atoms with van der Waals surface area (Å²) in [5.41, 5.74) is 2.08. The maximum absolute atomic E-state index is 12.0. The number of aliphatic carboxylic acids is 1. The number of carbonyl (C=O) groups is 3. The minimum absolute atomic E-state index is 0.0929. The van der Waals surface area contributed by atoms with Crippen molar-refractivity contribution in [3.05, 3.63) is 23.8 Å². The quantitative estimate of drug-likeness (QED) is 0.845. The van der Waals surface area contributed by atoms with E-state index in [0.717, 1.165) is 5.56 Å². The molecule has 0 aromatic heterocycles. The number of hydrogen-bond acceptors (Lipinski definition) is 5. The van der Waals surface area contributed by atoms with Crippen LogP contribution in [0.3, 0.4) is 0 Å². The van der Waals surface area contributed by atoms with Crippen molar-refractivity contribution in [3.8, 4) is 0 Å². The Bertz CT molecular complexity index is 719. The second-order valence-electron chi connectivity index (χ2n) is 6.04. The number of benzene rings is 1. The normalized spacial score (nSPS) is 25.6. The molecule has 3 rings (SSSR count). The van der Waals surface area contributed by atoms with Crippen molar-refractivity contribution in [2.45, 2.75) is 38.5 Å². The van der Waals surface area contributed by atoms with Gasteiger partial charge in [0.1, 0.15) is 6.61 Å². The molecule has 1 fully saturated rings. The van der Waals surface area contributed by atoms with Gasteiger partial charge in [-0.3, -0.25) is 9.69 Å². The molecule has 0 aliphatic carbocycles. The first-order chi connectivity index (χ1) is 11.3. The fourth-order valence-electron chi connectivity index (χ4n) is 3.39. The highest BCUT2D eigenvalue weighted by Crippen LogP contribution is 2.37. The topological polar surface area (TPSA) is 107 Å². The van der Waals surface area contributed by atoms with Crippen LogP contribution in [0.25, 0.3) is 0 Å². The van der Waals surface area contributed by atoms with Crippen LogP contribution in [-0.2, 0) is 20.7 Å². The highest BCUT2D eigenvalue weighted by Gasteiger charge is 2.44. The van der Waals surface area contributed by atoms with Crippen LogP contribution >= 0.6 is 0 Å². The van der Waals surface area contributed by atoms with Crippen molar-refractivity contribution in [3.63, 3.8) is 0 Å². The largest absolute Gasteiger partial charge is 0.478 e. The zero-order valence-electron chi connectivity index (χ0n) is 13.3. The number of aliphatic hydroxyl groups excluding tert-OH is 1. The number of ether oxygens (including phenoxy) is 1. The van der Waals surface area contributed by atoms with Gasteiger partial charge in [-0.15, -0.1) is 0 Å². The first-order valence-electron chi connectivity index (χ1n) is 7.63. The van der Waals surface area contributed by atoms with Gasteiger partial charge in [-0.1, -0.05) is 0 Å². The molecule has 1 saturated heterocycles. The number of carboxylic acids is 1. The molecule has 2 heterocycles. The number of rotatable bonds is 3. The molecule has 0 bridgehead atoms. The van der Waals surface area contributed by atoms with Gasteiger partial charge in [-0.25, -0.2) is 9.59 Å². The second-order valence-corrected chi connectivity index (χ2v) is 6.04. The Balaban J connectivity index is 1.93. The molecule has 8 nitrogen and oxygen atoms in total. The SMILES string of the molecule is CC1[C@H](C(=O)O)OC(=O)N1c1ccc2c(c1)C[C@@H](C)N2C(=O)CO. The van der Waals surface area contributed by atoms with Crippen LogP contribution in [0.4, 0.5) is 16.2 Å². The average molecular weight is 334 g/mol. The second kappa shape index (κ2) is 5.79. The van der Waals surface area contributed by atoms with E-state index in [2.05, 4.69) is 0 Å². The maximum Gasteiger partial charge on any atom is 0.415 e. The molecule has 0 spiro atoms. The van der Waals surface area contributed by atoms with E-state index in [1.165, 1.54) is 9.80 Å². The van der Waals surface area contributed by atoms with Crippen molar-refractivity contribution in [1.29, 1.82) is 0 Å². The van der Waals surface area contributed by atoms with Gasteiger partial charge in [0.15, 0.2) is 0 Å². The molecule has 2 aliphatic rings. The van der Waals surface area contributed by atoms with Crippen molar-refractivity contribution in [2.24, 2.45) is 0 Å². The molecular weight excluding hydrogens is 316 g/mol. The third kappa shape index (κ3) is 2.39. The van der Waals surface area contributed by atoms with Crippen LogP contribution < -0.4 is 9.80 Å². The number of carbonyl (C=O) groups excluding carboxylic acids is 2. The zero-order valence-corrected chi connectivity index (χ0v) is 13.3. The Morgan fingerprint density at radius 2 is 2.04 bits per heavy atom. The molecule has 128 valence electrons. The monoisotopic (exact) mass is 334 g/mol. The summed E-state index contributed by atoms with van der Waals surface area (Å²) in [5.74, 6) is -1.57. The minimum Gasteiger partial charge on any atom is -0.478 e. The molecule has 1 unspecified atom stereocenters. The van der Waals surface area contributed by atoms with E-state index in [-0.39, 0.29) is 11.9 Å². The van der Waals surface area contributed by atoms with Crippen LogP contribution in [-0.4, -0.2) is 53.0 Å². The number of cyclic esters (lactones) is 1. The van der Waals surface area contributed by atoms with E-state index in [1.807, 2.05) is 6.92 Å². The number of aliphatic hydroxyl groups is 1. The van der Waals surface area contributed by atoms with Gasteiger partial charge < -0.3 is 19.8 Å². The van der Waals surface area contributed by atoms with E-state index in [0.29, 0.717) is 17.8 Å². The van der Waals surface area contributed by atoms with Crippen LogP contribution in [0.2, 0.25) is 0 Å². The Kier molecular flexibility index (Phi) is 3.92. The Morgan fingerprint density at radius 3 is 2.62 bits per heavy atom. The minimum atomic E-state index is -1.21. The molecule has 3 atom stereocenters. The lowest BCUT2D eigenvalue weighted by atomic mass is 10.1. The molecule has 24 heavy (non-hydrogen) atoms. The third-order valence-electron chi connectivity index (χ3n) is 4.47. The van der Waals surface area contributed by atoms with E-state index in [4.69, 9.17) is 14.9 Å². The van der Waals surface area contributed by atoms with Crippen LogP contribution in [0.15, 0.2) is 18.2 Å². The van der Waals surface area contributed by atoms with Crippen LogP contribution in [0.5, 0.6) is 0 Å². The fourth-order valence-corrected chi connectivity index (χ4v) is 3.39. The van der Waals surface area contributed by atoms with Crippen molar-refractivity contribution in [2.75, 3.05) is 16.4 Å². The van der Waals surface area contributed by atoms with Gasteiger partial charge in [-0.2, -0.15) is 0 Å². The predicted octanol–water partition coefficient (Wildman–Crippen LogP) is 0.755. The number of fused-ring (bicyclic) bond motifs is 1. The fraction of sp³-hybridized carbons (Fsp3) is 0.438. The average Bonchev–Trinajstić information content (AvgIpc) is 3.01. The van der Waals surface area contributed by atoms with Gasteiger partial charge in [0.05, 0.1) is 6.04 Å².